The first-order valence-corrected chi connectivity index (χ1v) is 8.82. The Labute approximate surface area is 141 Å². The maximum Gasteiger partial charge on any atom is 0.221 e. The molecule has 0 spiro atoms. The van der Waals surface area contributed by atoms with Crippen LogP contribution in [0.1, 0.15) is 59.4 Å². The predicted molar refractivity (Wildman–Crippen MR) is 96.6 cm³/mol. The van der Waals surface area contributed by atoms with E-state index in [1.807, 2.05) is 18.2 Å². The van der Waals surface area contributed by atoms with Gasteiger partial charge < -0.3 is 10.2 Å². The maximum atomic E-state index is 12.6. The summed E-state index contributed by atoms with van der Waals surface area (Å²) in [5.74, 6) is 0.166. The van der Waals surface area contributed by atoms with Gasteiger partial charge in [-0.25, -0.2) is 0 Å². The predicted octanol–water partition coefficient (Wildman–Crippen LogP) is 3.73. The van der Waals surface area contributed by atoms with E-state index in [2.05, 4.69) is 57.0 Å². The number of hydrogen-bond acceptors (Lipinski definition) is 2. The zero-order valence-electron chi connectivity index (χ0n) is 15.4. The highest BCUT2D eigenvalue weighted by molar-refractivity contribution is 5.78. The SMILES string of the molecule is CC(C)N1CCC(C)(NC(=O)CC(C)(C)c2ccccc2)CC1. The molecule has 1 aliphatic rings. The van der Waals surface area contributed by atoms with Crippen LogP contribution in [0.15, 0.2) is 30.3 Å². The largest absolute Gasteiger partial charge is 0.351 e. The second-order valence-corrected chi connectivity index (χ2v) is 8.17. The van der Waals surface area contributed by atoms with Crippen molar-refractivity contribution in [2.45, 2.75) is 70.9 Å². The van der Waals surface area contributed by atoms with E-state index in [4.69, 9.17) is 0 Å². The van der Waals surface area contributed by atoms with E-state index in [-0.39, 0.29) is 16.9 Å². The summed E-state index contributed by atoms with van der Waals surface area (Å²) in [7, 11) is 0. The van der Waals surface area contributed by atoms with Crippen LogP contribution in [0.2, 0.25) is 0 Å². The van der Waals surface area contributed by atoms with Crippen LogP contribution in [0, 0.1) is 0 Å². The second-order valence-electron chi connectivity index (χ2n) is 8.17. The Morgan fingerprint density at radius 1 is 1.22 bits per heavy atom. The molecule has 3 heteroatoms. The van der Waals surface area contributed by atoms with Gasteiger partial charge in [-0.2, -0.15) is 0 Å². The molecule has 1 aromatic rings. The molecule has 1 heterocycles. The lowest BCUT2D eigenvalue weighted by atomic mass is 9.80. The van der Waals surface area contributed by atoms with Gasteiger partial charge in [-0.3, -0.25) is 4.79 Å². The van der Waals surface area contributed by atoms with Gasteiger partial charge in [0.2, 0.25) is 5.91 Å². The number of rotatable bonds is 5. The van der Waals surface area contributed by atoms with Crippen LogP contribution >= 0.6 is 0 Å². The third-order valence-electron chi connectivity index (χ3n) is 5.23. The molecule has 0 unspecified atom stereocenters. The number of piperidine rings is 1. The lowest BCUT2D eigenvalue weighted by Crippen LogP contribution is -2.55. The van der Waals surface area contributed by atoms with Crippen molar-refractivity contribution in [1.82, 2.24) is 10.2 Å². The minimum absolute atomic E-state index is 0.0603. The Bertz CT molecular complexity index is 514. The molecule has 1 N–H and O–H groups in total. The van der Waals surface area contributed by atoms with E-state index in [1.165, 1.54) is 5.56 Å². The summed E-state index contributed by atoms with van der Waals surface area (Å²) in [6.45, 7) is 13.1. The summed E-state index contributed by atoms with van der Waals surface area (Å²) in [5.41, 5.74) is 1.02. The number of amides is 1. The lowest BCUT2D eigenvalue weighted by molar-refractivity contribution is -0.124. The van der Waals surface area contributed by atoms with Crippen LogP contribution in [0.5, 0.6) is 0 Å². The van der Waals surface area contributed by atoms with E-state index < -0.39 is 0 Å². The first-order valence-electron chi connectivity index (χ1n) is 8.82. The highest BCUT2D eigenvalue weighted by Gasteiger charge is 2.33. The quantitative estimate of drug-likeness (QED) is 0.897. The van der Waals surface area contributed by atoms with E-state index in [9.17, 15) is 4.79 Å². The fourth-order valence-electron chi connectivity index (χ4n) is 3.43. The van der Waals surface area contributed by atoms with Crippen LogP contribution < -0.4 is 5.32 Å². The molecule has 23 heavy (non-hydrogen) atoms. The Hall–Kier alpha value is -1.35. The summed E-state index contributed by atoms with van der Waals surface area (Å²) >= 11 is 0. The number of hydrogen-bond donors (Lipinski definition) is 1. The van der Waals surface area contributed by atoms with Gasteiger partial charge in [0.05, 0.1) is 0 Å². The molecule has 2 rings (SSSR count). The molecule has 0 saturated carbocycles. The summed E-state index contributed by atoms with van der Waals surface area (Å²) in [6.07, 6.45) is 2.59. The van der Waals surface area contributed by atoms with E-state index in [1.54, 1.807) is 0 Å². The average molecular weight is 316 g/mol. The molecule has 1 saturated heterocycles. The van der Waals surface area contributed by atoms with Gasteiger partial charge in [0.25, 0.3) is 0 Å². The Morgan fingerprint density at radius 3 is 2.30 bits per heavy atom. The van der Waals surface area contributed by atoms with Gasteiger partial charge in [-0.15, -0.1) is 0 Å². The summed E-state index contributed by atoms with van der Waals surface area (Å²) in [5, 5.41) is 3.31. The zero-order chi connectivity index (χ0) is 17.1. The molecule has 1 aromatic carbocycles. The minimum atomic E-state index is -0.139. The van der Waals surface area contributed by atoms with Crippen molar-refractivity contribution in [3.05, 3.63) is 35.9 Å². The number of nitrogens with one attached hydrogen (secondary N) is 1. The second kappa shape index (κ2) is 7.04. The van der Waals surface area contributed by atoms with Crippen molar-refractivity contribution >= 4 is 5.91 Å². The topological polar surface area (TPSA) is 32.3 Å². The fraction of sp³-hybridized carbons (Fsp3) is 0.650. The Morgan fingerprint density at radius 2 is 1.78 bits per heavy atom. The molecule has 0 atom stereocenters. The van der Waals surface area contributed by atoms with Crippen LogP contribution in [0.25, 0.3) is 0 Å². The molecule has 0 aromatic heterocycles. The first-order chi connectivity index (χ1) is 10.7. The van der Waals surface area contributed by atoms with Crippen LogP contribution in [0.3, 0.4) is 0 Å². The third kappa shape index (κ3) is 4.81. The smallest absolute Gasteiger partial charge is 0.221 e. The van der Waals surface area contributed by atoms with Gasteiger partial charge in [0, 0.05) is 31.1 Å². The fourth-order valence-corrected chi connectivity index (χ4v) is 3.43. The van der Waals surface area contributed by atoms with Crippen molar-refractivity contribution in [3.8, 4) is 0 Å². The van der Waals surface area contributed by atoms with Crippen LogP contribution in [0.4, 0.5) is 0 Å². The molecule has 0 radical (unpaired) electrons. The summed E-state index contributed by atoms with van der Waals surface area (Å²) < 4.78 is 0. The van der Waals surface area contributed by atoms with E-state index in [0.29, 0.717) is 12.5 Å². The normalized spacial score (nSPS) is 18.9. The molecular formula is C20H32N2O. The third-order valence-corrected chi connectivity index (χ3v) is 5.23. The molecule has 128 valence electrons. The number of benzene rings is 1. The zero-order valence-corrected chi connectivity index (χ0v) is 15.4. The molecule has 0 aliphatic carbocycles. The van der Waals surface area contributed by atoms with Crippen molar-refractivity contribution in [2.75, 3.05) is 13.1 Å². The molecule has 3 nitrogen and oxygen atoms in total. The number of nitrogens with zero attached hydrogens (tertiary/aromatic N) is 1. The molecule has 1 aliphatic heterocycles. The summed E-state index contributed by atoms with van der Waals surface area (Å²) in [6, 6.07) is 10.9. The minimum Gasteiger partial charge on any atom is -0.351 e. The van der Waals surface area contributed by atoms with Crippen molar-refractivity contribution in [1.29, 1.82) is 0 Å². The first kappa shape index (κ1) is 18.0. The average Bonchev–Trinajstić information content (AvgIpc) is 2.47. The van der Waals surface area contributed by atoms with Gasteiger partial charge in [-0.1, -0.05) is 44.2 Å². The van der Waals surface area contributed by atoms with Crippen LogP contribution in [-0.4, -0.2) is 35.5 Å². The van der Waals surface area contributed by atoms with Gasteiger partial charge in [-0.05, 0) is 44.6 Å². The van der Waals surface area contributed by atoms with Crippen LogP contribution in [-0.2, 0) is 10.2 Å². The number of likely N-dealkylation sites (tertiary alicyclic amines) is 1. The molecule has 1 amide bonds. The van der Waals surface area contributed by atoms with Gasteiger partial charge in [0.15, 0.2) is 0 Å². The van der Waals surface area contributed by atoms with Crippen molar-refractivity contribution in [2.24, 2.45) is 0 Å². The molecule has 1 fully saturated rings. The highest BCUT2D eigenvalue weighted by atomic mass is 16.1. The lowest BCUT2D eigenvalue weighted by Gasteiger charge is -2.42. The van der Waals surface area contributed by atoms with Gasteiger partial charge >= 0.3 is 0 Å². The number of carbonyl (C=O) groups excluding carboxylic acids is 1. The van der Waals surface area contributed by atoms with E-state index >= 15 is 0 Å². The Kier molecular flexibility index (Phi) is 5.51. The highest BCUT2D eigenvalue weighted by Crippen LogP contribution is 2.28. The monoisotopic (exact) mass is 316 g/mol. The van der Waals surface area contributed by atoms with E-state index in [0.717, 1.165) is 25.9 Å². The summed E-state index contributed by atoms with van der Waals surface area (Å²) in [4.78, 5) is 15.1. The standard InChI is InChI=1S/C20H32N2O/c1-16(2)22-13-11-20(5,12-14-22)21-18(23)15-19(3,4)17-9-7-6-8-10-17/h6-10,16H,11-15H2,1-5H3,(H,21,23). The van der Waals surface area contributed by atoms with Crippen molar-refractivity contribution in [3.63, 3.8) is 0 Å². The Balaban J connectivity index is 1.92. The number of carbonyl (C=O) groups is 1. The molecular weight excluding hydrogens is 284 g/mol. The van der Waals surface area contributed by atoms with Crippen molar-refractivity contribution < 1.29 is 4.79 Å². The molecule has 0 bridgehead atoms. The van der Waals surface area contributed by atoms with Gasteiger partial charge in [0.1, 0.15) is 0 Å². The maximum absolute atomic E-state index is 12.6.